The van der Waals surface area contributed by atoms with E-state index in [4.69, 9.17) is 9.47 Å². The van der Waals surface area contributed by atoms with Crippen LogP contribution in [0.4, 0.5) is 0 Å². The average Bonchev–Trinajstić information content (AvgIpc) is 2.82. The Bertz CT molecular complexity index is 799. The lowest BCUT2D eigenvalue weighted by molar-refractivity contribution is -0.0311. The van der Waals surface area contributed by atoms with E-state index < -0.39 is 5.60 Å². The van der Waals surface area contributed by atoms with Gasteiger partial charge in [0.1, 0.15) is 5.75 Å². The number of hydrogen-bond acceptors (Lipinski definition) is 4. The Morgan fingerprint density at radius 1 is 0.909 bits per heavy atom. The number of benzene rings is 2. The molecule has 4 nitrogen and oxygen atoms in total. The molecular formula is C29H43NO3. The van der Waals surface area contributed by atoms with Crippen molar-refractivity contribution in [3.63, 3.8) is 0 Å². The van der Waals surface area contributed by atoms with Crippen molar-refractivity contribution in [2.24, 2.45) is 11.8 Å². The third-order valence-corrected chi connectivity index (χ3v) is 6.74. The predicted octanol–water partition coefficient (Wildman–Crippen LogP) is 5.85. The first kappa shape index (κ1) is 25.7. The number of morpholine rings is 1. The van der Waals surface area contributed by atoms with Crippen LogP contribution in [0.3, 0.4) is 0 Å². The summed E-state index contributed by atoms with van der Waals surface area (Å²) in [5, 5.41) is 12.4. The van der Waals surface area contributed by atoms with Crippen molar-refractivity contribution >= 4 is 0 Å². The van der Waals surface area contributed by atoms with E-state index in [-0.39, 0.29) is 5.92 Å². The van der Waals surface area contributed by atoms with Crippen molar-refractivity contribution in [3.05, 3.63) is 65.7 Å². The standard InChI is InChI=1S/C29H43NO3/c1-23(2)14-16-29(31,26-10-12-27(13-11-26)33-19-15-24(3)4)28(25-8-6-5-7-9-25)22-30-17-20-32-21-18-30/h5-13,23-24,28,31H,14-22H2,1-4H3. The van der Waals surface area contributed by atoms with Gasteiger partial charge in [0.05, 0.1) is 25.4 Å². The summed E-state index contributed by atoms with van der Waals surface area (Å²) in [6, 6.07) is 18.7. The topological polar surface area (TPSA) is 41.9 Å². The molecule has 2 aromatic carbocycles. The minimum Gasteiger partial charge on any atom is -0.494 e. The fraction of sp³-hybridized carbons (Fsp3) is 0.586. The fourth-order valence-electron chi connectivity index (χ4n) is 4.54. The SMILES string of the molecule is CC(C)CCOc1ccc(C(O)(CCC(C)C)C(CN2CCOCC2)c2ccccc2)cc1. The Morgan fingerprint density at radius 3 is 2.15 bits per heavy atom. The van der Waals surface area contributed by atoms with E-state index in [0.29, 0.717) is 11.8 Å². The quantitative estimate of drug-likeness (QED) is 0.438. The molecule has 1 aliphatic heterocycles. The second-order valence-electron chi connectivity index (χ2n) is 10.3. The number of hydrogen-bond donors (Lipinski definition) is 1. The molecule has 0 bridgehead atoms. The lowest BCUT2D eigenvalue weighted by atomic mass is 9.73. The average molecular weight is 454 g/mol. The van der Waals surface area contributed by atoms with Gasteiger partial charge in [-0.25, -0.2) is 0 Å². The van der Waals surface area contributed by atoms with E-state index in [2.05, 4.69) is 69.0 Å². The molecule has 1 aliphatic rings. The summed E-state index contributed by atoms with van der Waals surface area (Å²) < 4.78 is 11.5. The third-order valence-electron chi connectivity index (χ3n) is 6.74. The largest absolute Gasteiger partial charge is 0.494 e. The van der Waals surface area contributed by atoms with Crippen molar-refractivity contribution in [1.29, 1.82) is 0 Å². The molecule has 1 N–H and O–H groups in total. The van der Waals surface area contributed by atoms with Crippen molar-refractivity contribution in [2.45, 2.75) is 58.5 Å². The van der Waals surface area contributed by atoms with Crippen LogP contribution in [0.5, 0.6) is 5.75 Å². The summed E-state index contributed by atoms with van der Waals surface area (Å²) in [6.07, 6.45) is 2.73. The molecular weight excluding hydrogens is 410 g/mol. The second-order valence-corrected chi connectivity index (χ2v) is 10.3. The molecule has 2 atom stereocenters. The van der Waals surface area contributed by atoms with E-state index >= 15 is 0 Å². The van der Waals surface area contributed by atoms with Gasteiger partial charge >= 0.3 is 0 Å². The van der Waals surface area contributed by atoms with E-state index in [0.717, 1.165) is 70.0 Å². The summed E-state index contributed by atoms with van der Waals surface area (Å²) in [4.78, 5) is 2.44. The molecule has 2 aromatic rings. The summed E-state index contributed by atoms with van der Waals surface area (Å²) in [5.74, 6) is 1.99. The van der Waals surface area contributed by atoms with Gasteiger partial charge < -0.3 is 14.6 Å². The van der Waals surface area contributed by atoms with E-state index in [1.165, 1.54) is 5.56 Å². The minimum absolute atomic E-state index is 0.0248. The highest BCUT2D eigenvalue weighted by Crippen LogP contribution is 2.42. The highest BCUT2D eigenvalue weighted by Gasteiger charge is 2.40. The maximum Gasteiger partial charge on any atom is 0.119 e. The van der Waals surface area contributed by atoms with Crippen molar-refractivity contribution in [3.8, 4) is 5.75 Å². The predicted molar refractivity (Wildman–Crippen MR) is 136 cm³/mol. The number of aliphatic hydroxyl groups is 1. The molecule has 1 fully saturated rings. The fourth-order valence-corrected chi connectivity index (χ4v) is 4.54. The molecule has 4 heteroatoms. The van der Waals surface area contributed by atoms with Gasteiger partial charge in [-0.15, -0.1) is 0 Å². The van der Waals surface area contributed by atoms with Crippen molar-refractivity contribution in [1.82, 2.24) is 4.90 Å². The summed E-state index contributed by atoms with van der Waals surface area (Å²) in [7, 11) is 0. The van der Waals surface area contributed by atoms with Crippen molar-refractivity contribution in [2.75, 3.05) is 39.5 Å². The monoisotopic (exact) mass is 453 g/mol. The van der Waals surface area contributed by atoms with Gasteiger partial charge in [-0.3, -0.25) is 4.90 Å². The van der Waals surface area contributed by atoms with Crippen LogP contribution in [0.15, 0.2) is 54.6 Å². The van der Waals surface area contributed by atoms with E-state index in [1.54, 1.807) is 0 Å². The van der Waals surface area contributed by atoms with Gasteiger partial charge in [-0.05, 0) is 54.4 Å². The Labute approximate surface area is 200 Å². The normalized spacial score (nSPS) is 17.8. The molecule has 2 unspecified atom stereocenters. The molecule has 182 valence electrons. The molecule has 0 spiro atoms. The van der Waals surface area contributed by atoms with Gasteiger partial charge in [-0.2, -0.15) is 0 Å². The highest BCUT2D eigenvalue weighted by atomic mass is 16.5. The highest BCUT2D eigenvalue weighted by molar-refractivity contribution is 5.35. The Morgan fingerprint density at radius 2 is 1.55 bits per heavy atom. The second kappa shape index (κ2) is 12.5. The van der Waals surface area contributed by atoms with E-state index in [1.807, 2.05) is 18.2 Å². The van der Waals surface area contributed by atoms with Crippen molar-refractivity contribution < 1.29 is 14.6 Å². The Kier molecular flexibility index (Phi) is 9.78. The molecule has 0 aromatic heterocycles. The number of rotatable bonds is 12. The molecule has 3 rings (SSSR count). The van der Waals surface area contributed by atoms with Crippen LogP contribution < -0.4 is 4.74 Å². The number of nitrogens with zero attached hydrogens (tertiary/aromatic N) is 1. The Hall–Kier alpha value is -1.88. The van der Waals surface area contributed by atoms with Gasteiger partial charge in [0.25, 0.3) is 0 Å². The summed E-state index contributed by atoms with van der Waals surface area (Å²) >= 11 is 0. The van der Waals surface area contributed by atoms with E-state index in [9.17, 15) is 5.11 Å². The zero-order valence-corrected chi connectivity index (χ0v) is 21.0. The third kappa shape index (κ3) is 7.56. The molecule has 0 radical (unpaired) electrons. The maximum absolute atomic E-state index is 12.4. The van der Waals surface area contributed by atoms with Crippen LogP contribution in [0.25, 0.3) is 0 Å². The van der Waals surface area contributed by atoms with Crippen LogP contribution in [0.2, 0.25) is 0 Å². The molecule has 1 saturated heterocycles. The first-order valence-electron chi connectivity index (χ1n) is 12.7. The molecule has 33 heavy (non-hydrogen) atoms. The maximum atomic E-state index is 12.4. The van der Waals surface area contributed by atoms with Gasteiger partial charge in [0, 0.05) is 25.6 Å². The summed E-state index contributed by atoms with van der Waals surface area (Å²) in [5.41, 5.74) is 1.20. The molecule has 0 aliphatic carbocycles. The zero-order valence-electron chi connectivity index (χ0n) is 21.0. The van der Waals surface area contributed by atoms with Crippen LogP contribution in [0.1, 0.15) is 64.0 Å². The first-order valence-corrected chi connectivity index (χ1v) is 12.7. The van der Waals surface area contributed by atoms with Gasteiger partial charge in [0.15, 0.2) is 0 Å². The molecule has 1 heterocycles. The van der Waals surface area contributed by atoms with Gasteiger partial charge in [-0.1, -0.05) is 70.2 Å². The zero-order chi connectivity index (χ0) is 23.7. The summed E-state index contributed by atoms with van der Waals surface area (Å²) in [6.45, 7) is 13.7. The van der Waals surface area contributed by atoms with Gasteiger partial charge in [0.2, 0.25) is 0 Å². The van der Waals surface area contributed by atoms with Crippen LogP contribution in [-0.2, 0) is 10.3 Å². The lowest BCUT2D eigenvalue weighted by Gasteiger charge is -2.41. The van der Waals surface area contributed by atoms with Crippen LogP contribution >= 0.6 is 0 Å². The smallest absolute Gasteiger partial charge is 0.119 e. The molecule has 0 amide bonds. The first-order chi connectivity index (χ1) is 15.9. The Balaban J connectivity index is 1.90. The van der Waals surface area contributed by atoms with Crippen LogP contribution in [0, 0.1) is 11.8 Å². The lowest BCUT2D eigenvalue weighted by Crippen LogP contribution is -2.45. The number of ether oxygens (including phenoxy) is 2. The minimum atomic E-state index is -0.958. The molecule has 0 saturated carbocycles. The van der Waals surface area contributed by atoms with Crippen LogP contribution in [-0.4, -0.2) is 49.5 Å².